The van der Waals surface area contributed by atoms with Crippen LogP contribution in [0.1, 0.15) is 55.8 Å². The lowest BCUT2D eigenvalue weighted by Gasteiger charge is -2.21. The van der Waals surface area contributed by atoms with E-state index < -0.39 is 17.8 Å². The van der Waals surface area contributed by atoms with E-state index in [0.29, 0.717) is 17.9 Å². The maximum atomic E-state index is 12.5. The SMILES string of the molecule is O=C(CC1CCCCC1)NCC(O)c1ccc(C(F)(F)F)cc1. The quantitative estimate of drug-likeness (QED) is 0.863. The van der Waals surface area contributed by atoms with Crippen LogP contribution >= 0.6 is 0 Å². The molecule has 2 rings (SSSR count). The highest BCUT2D eigenvalue weighted by Crippen LogP contribution is 2.30. The molecule has 1 aromatic rings. The molecule has 1 unspecified atom stereocenters. The van der Waals surface area contributed by atoms with Gasteiger partial charge >= 0.3 is 6.18 Å². The van der Waals surface area contributed by atoms with Crippen molar-refractivity contribution in [2.45, 2.75) is 50.8 Å². The highest BCUT2D eigenvalue weighted by atomic mass is 19.4. The number of hydrogen-bond acceptors (Lipinski definition) is 2. The van der Waals surface area contributed by atoms with Crippen LogP contribution in [0, 0.1) is 5.92 Å². The van der Waals surface area contributed by atoms with Crippen molar-refractivity contribution in [1.82, 2.24) is 5.32 Å². The fourth-order valence-electron chi connectivity index (χ4n) is 2.95. The van der Waals surface area contributed by atoms with Crippen molar-refractivity contribution >= 4 is 5.91 Å². The van der Waals surface area contributed by atoms with E-state index in [9.17, 15) is 23.1 Å². The zero-order valence-electron chi connectivity index (χ0n) is 12.9. The minimum Gasteiger partial charge on any atom is -0.387 e. The summed E-state index contributed by atoms with van der Waals surface area (Å²) in [5, 5.41) is 12.6. The molecule has 1 aromatic carbocycles. The Morgan fingerprint density at radius 2 is 1.78 bits per heavy atom. The van der Waals surface area contributed by atoms with E-state index in [1.165, 1.54) is 18.6 Å². The van der Waals surface area contributed by atoms with Gasteiger partial charge in [-0.3, -0.25) is 4.79 Å². The van der Waals surface area contributed by atoms with Crippen LogP contribution < -0.4 is 5.32 Å². The van der Waals surface area contributed by atoms with Gasteiger partial charge in [-0.05, 0) is 36.5 Å². The van der Waals surface area contributed by atoms with E-state index >= 15 is 0 Å². The standard InChI is InChI=1S/C17H22F3NO2/c18-17(19,20)14-8-6-13(7-9-14)15(22)11-21-16(23)10-12-4-2-1-3-5-12/h6-9,12,15,22H,1-5,10-11H2,(H,21,23). The molecule has 0 saturated heterocycles. The van der Waals surface area contributed by atoms with Crippen LogP contribution in [0.2, 0.25) is 0 Å². The van der Waals surface area contributed by atoms with Gasteiger partial charge in [0.2, 0.25) is 5.91 Å². The van der Waals surface area contributed by atoms with Gasteiger partial charge in [0.25, 0.3) is 0 Å². The molecular weight excluding hydrogens is 307 g/mol. The molecule has 0 aromatic heterocycles. The topological polar surface area (TPSA) is 49.3 Å². The third kappa shape index (κ3) is 5.53. The molecule has 1 saturated carbocycles. The van der Waals surface area contributed by atoms with Crippen molar-refractivity contribution in [3.63, 3.8) is 0 Å². The molecule has 1 aliphatic carbocycles. The molecule has 0 radical (unpaired) electrons. The predicted octanol–water partition coefficient (Wildman–Crippen LogP) is 3.83. The summed E-state index contributed by atoms with van der Waals surface area (Å²) < 4.78 is 37.4. The van der Waals surface area contributed by atoms with E-state index in [4.69, 9.17) is 0 Å². The Kier molecular flexibility index (Phi) is 6.04. The molecule has 0 spiro atoms. The van der Waals surface area contributed by atoms with Crippen molar-refractivity contribution in [3.05, 3.63) is 35.4 Å². The number of aliphatic hydroxyl groups is 1. The smallest absolute Gasteiger partial charge is 0.387 e. The Hall–Kier alpha value is -1.56. The number of amides is 1. The Morgan fingerprint density at radius 1 is 1.17 bits per heavy atom. The normalized spacial score (nSPS) is 17.7. The second-order valence-electron chi connectivity index (χ2n) is 6.15. The first kappa shape index (κ1) is 17.8. The maximum Gasteiger partial charge on any atom is 0.416 e. The first-order chi connectivity index (χ1) is 10.9. The van der Waals surface area contributed by atoms with Gasteiger partial charge in [-0.1, -0.05) is 31.4 Å². The van der Waals surface area contributed by atoms with E-state index in [0.717, 1.165) is 37.8 Å². The monoisotopic (exact) mass is 329 g/mol. The summed E-state index contributed by atoms with van der Waals surface area (Å²) in [4.78, 5) is 11.9. The van der Waals surface area contributed by atoms with Crippen LogP contribution in [0.4, 0.5) is 13.2 Å². The number of halogens is 3. The van der Waals surface area contributed by atoms with Gasteiger partial charge in [0.15, 0.2) is 0 Å². The molecule has 1 atom stereocenters. The third-order valence-corrected chi connectivity index (χ3v) is 4.31. The summed E-state index contributed by atoms with van der Waals surface area (Å²) in [6.45, 7) is 0.0108. The summed E-state index contributed by atoms with van der Waals surface area (Å²) in [5.41, 5.74) is -0.397. The molecule has 23 heavy (non-hydrogen) atoms. The average Bonchev–Trinajstić information content (AvgIpc) is 2.53. The molecule has 2 N–H and O–H groups in total. The van der Waals surface area contributed by atoms with Gasteiger partial charge in [0, 0.05) is 13.0 Å². The van der Waals surface area contributed by atoms with Gasteiger partial charge in [0.05, 0.1) is 11.7 Å². The molecule has 1 amide bonds. The molecule has 0 aliphatic heterocycles. The number of aliphatic hydroxyl groups excluding tert-OH is 1. The van der Waals surface area contributed by atoms with E-state index in [2.05, 4.69) is 5.32 Å². The first-order valence-corrected chi connectivity index (χ1v) is 7.98. The number of rotatable bonds is 5. The van der Waals surface area contributed by atoms with Crippen molar-refractivity contribution in [2.24, 2.45) is 5.92 Å². The van der Waals surface area contributed by atoms with Gasteiger partial charge in [-0.2, -0.15) is 13.2 Å². The summed E-state index contributed by atoms with van der Waals surface area (Å²) in [5.74, 6) is 0.301. The summed E-state index contributed by atoms with van der Waals surface area (Å²) in [6, 6.07) is 4.34. The minimum absolute atomic E-state index is 0.0108. The lowest BCUT2D eigenvalue weighted by molar-refractivity contribution is -0.137. The van der Waals surface area contributed by atoms with Crippen LogP contribution in [0.15, 0.2) is 24.3 Å². The Balaban J connectivity index is 1.79. The molecule has 0 bridgehead atoms. The highest BCUT2D eigenvalue weighted by molar-refractivity contribution is 5.76. The fourth-order valence-corrected chi connectivity index (χ4v) is 2.95. The fraction of sp³-hybridized carbons (Fsp3) is 0.588. The van der Waals surface area contributed by atoms with Crippen LogP contribution in [-0.4, -0.2) is 17.6 Å². The molecule has 0 heterocycles. The minimum atomic E-state index is -4.39. The molecule has 128 valence electrons. The van der Waals surface area contributed by atoms with E-state index in [1.807, 2.05) is 0 Å². The zero-order chi connectivity index (χ0) is 16.9. The van der Waals surface area contributed by atoms with Crippen molar-refractivity contribution < 1.29 is 23.1 Å². The second-order valence-corrected chi connectivity index (χ2v) is 6.15. The van der Waals surface area contributed by atoms with Crippen LogP contribution in [-0.2, 0) is 11.0 Å². The molecule has 1 aliphatic rings. The van der Waals surface area contributed by atoms with Crippen molar-refractivity contribution in [2.75, 3.05) is 6.54 Å². The van der Waals surface area contributed by atoms with E-state index in [1.54, 1.807) is 0 Å². The predicted molar refractivity (Wildman–Crippen MR) is 80.6 cm³/mol. The molecule has 3 nitrogen and oxygen atoms in total. The third-order valence-electron chi connectivity index (χ3n) is 4.31. The van der Waals surface area contributed by atoms with Gasteiger partial charge < -0.3 is 10.4 Å². The molecular formula is C17H22F3NO2. The van der Waals surface area contributed by atoms with Crippen molar-refractivity contribution in [3.8, 4) is 0 Å². The molecule has 1 fully saturated rings. The largest absolute Gasteiger partial charge is 0.416 e. The number of benzene rings is 1. The maximum absolute atomic E-state index is 12.5. The first-order valence-electron chi connectivity index (χ1n) is 7.98. The van der Waals surface area contributed by atoms with Crippen LogP contribution in [0.5, 0.6) is 0 Å². The summed E-state index contributed by atoms with van der Waals surface area (Å²) in [6.07, 6.45) is 0.733. The molecule has 6 heteroatoms. The highest BCUT2D eigenvalue weighted by Gasteiger charge is 2.30. The Morgan fingerprint density at radius 3 is 2.35 bits per heavy atom. The van der Waals surface area contributed by atoms with Crippen LogP contribution in [0.25, 0.3) is 0 Å². The Labute approximate surface area is 133 Å². The Bertz CT molecular complexity index is 508. The number of alkyl halides is 3. The summed E-state index contributed by atoms with van der Waals surface area (Å²) in [7, 11) is 0. The average molecular weight is 329 g/mol. The zero-order valence-corrected chi connectivity index (χ0v) is 12.9. The number of carbonyl (C=O) groups excluding carboxylic acids is 1. The van der Waals surface area contributed by atoms with E-state index in [-0.39, 0.29) is 12.5 Å². The number of hydrogen-bond donors (Lipinski definition) is 2. The van der Waals surface area contributed by atoms with Gasteiger partial charge in [0.1, 0.15) is 0 Å². The summed E-state index contributed by atoms with van der Waals surface area (Å²) >= 11 is 0. The number of nitrogens with one attached hydrogen (secondary N) is 1. The van der Waals surface area contributed by atoms with Crippen molar-refractivity contribution in [1.29, 1.82) is 0 Å². The lowest BCUT2D eigenvalue weighted by atomic mass is 9.87. The number of carbonyl (C=O) groups is 1. The van der Waals surface area contributed by atoms with Gasteiger partial charge in [-0.15, -0.1) is 0 Å². The lowest BCUT2D eigenvalue weighted by Crippen LogP contribution is -2.30. The van der Waals surface area contributed by atoms with Gasteiger partial charge in [-0.25, -0.2) is 0 Å². The van der Waals surface area contributed by atoms with Crippen LogP contribution in [0.3, 0.4) is 0 Å². The second kappa shape index (κ2) is 7.81.